The number of carbonyl (C=O) groups is 1. The molecule has 0 bridgehead atoms. The number of hydrogen-bond donors (Lipinski definition) is 1. The van der Waals surface area contributed by atoms with Gasteiger partial charge in [-0.05, 0) is 44.1 Å². The van der Waals surface area contributed by atoms with Crippen molar-refractivity contribution >= 4 is 16.8 Å². The van der Waals surface area contributed by atoms with E-state index in [4.69, 9.17) is 10.5 Å². The van der Waals surface area contributed by atoms with Gasteiger partial charge in [0.1, 0.15) is 5.75 Å². The average molecular weight is 317 g/mol. The second kappa shape index (κ2) is 7.15. The van der Waals surface area contributed by atoms with E-state index in [-0.39, 0.29) is 11.8 Å². The predicted octanol–water partition coefficient (Wildman–Crippen LogP) is 2.38. The number of carbonyl (C=O) groups excluding carboxylic acids is 1. The van der Waals surface area contributed by atoms with E-state index in [1.165, 1.54) is 0 Å². The lowest BCUT2D eigenvalue weighted by Gasteiger charge is -2.15. The molecule has 1 aromatic heterocycles. The molecule has 0 aliphatic heterocycles. The Bertz CT molecular complexity index is 689. The summed E-state index contributed by atoms with van der Waals surface area (Å²) in [6.07, 6.45) is 2.81. The Kier molecular flexibility index (Phi) is 5.44. The molecule has 5 heteroatoms. The zero-order valence-electron chi connectivity index (χ0n) is 14.7. The van der Waals surface area contributed by atoms with Gasteiger partial charge in [-0.25, -0.2) is 0 Å². The molecule has 23 heavy (non-hydrogen) atoms. The maximum atomic E-state index is 12.7. The van der Waals surface area contributed by atoms with Gasteiger partial charge in [-0.15, -0.1) is 0 Å². The van der Waals surface area contributed by atoms with Crippen molar-refractivity contribution in [2.45, 2.75) is 26.3 Å². The Morgan fingerprint density at radius 3 is 2.61 bits per heavy atom. The van der Waals surface area contributed by atoms with Crippen LogP contribution in [0.2, 0.25) is 0 Å². The quantitative estimate of drug-likeness (QED) is 0.888. The number of benzene rings is 1. The second-order valence-electron chi connectivity index (χ2n) is 6.57. The van der Waals surface area contributed by atoms with Crippen molar-refractivity contribution in [3.63, 3.8) is 0 Å². The van der Waals surface area contributed by atoms with Crippen molar-refractivity contribution in [3.05, 3.63) is 30.0 Å². The van der Waals surface area contributed by atoms with Crippen LogP contribution >= 0.6 is 0 Å². The Balaban J connectivity index is 2.51. The molecule has 0 aliphatic carbocycles. The topological polar surface area (TPSA) is 60.5 Å². The first kappa shape index (κ1) is 17.5. The van der Waals surface area contributed by atoms with Gasteiger partial charge >= 0.3 is 0 Å². The van der Waals surface area contributed by atoms with Gasteiger partial charge in [-0.2, -0.15) is 0 Å². The van der Waals surface area contributed by atoms with Gasteiger partial charge < -0.3 is 15.4 Å². The summed E-state index contributed by atoms with van der Waals surface area (Å²) in [5.41, 5.74) is 8.09. The summed E-state index contributed by atoms with van der Waals surface area (Å²) >= 11 is 0. The van der Waals surface area contributed by atoms with Crippen molar-refractivity contribution in [1.82, 2.24) is 9.47 Å². The number of hydrogen-bond acceptors (Lipinski definition) is 4. The van der Waals surface area contributed by atoms with Crippen molar-refractivity contribution in [1.29, 1.82) is 0 Å². The third-order valence-corrected chi connectivity index (χ3v) is 4.16. The summed E-state index contributed by atoms with van der Waals surface area (Å²) in [5.74, 6) is 0.757. The highest BCUT2D eigenvalue weighted by atomic mass is 16.5. The highest BCUT2D eigenvalue weighted by Gasteiger charge is 2.22. The van der Waals surface area contributed by atoms with Gasteiger partial charge in [0.15, 0.2) is 0 Å². The highest BCUT2D eigenvalue weighted by molar-refractivity contribution is 5.97. The van der Waals surface area contributed by atoms with Gasteiger partial charge in [-0.1, -0.05) is 13.8 Å². The summed E-state index contributed by atoms with van der Waals surface area (Å²) in [5, 5.41) is 1.08. The van der Waals surface area contributed by atoms with E-state index in [0.29, 0.717) is 0 Å². The lowest BCUT2D eigenvalue weighted by atomic mass is 10.0. The first-order valence-corrected chi connectivity index (χ1v) is 7.97. The zero-order chi connectivity index (χ0) is 17.1. The number of rotatable bonds is 6. The lowest BCUT2D eigenvalue weighted by molar-refractivity contribution is 0.0862. The van der Waals surface area contributed by atoms with Crippen LogP contribution in [-0.4, -0.2) is 49.2 Å². The molecule has 5 nitrogen and oxygen atoms in total. The maximum Gasteiger partial charge on any atom is 0.248 e. The zero-order valence-corrected chi connectivity index (χ0v) is 14.7. The number of nitrogens with two attached hydrogens (primary N) is 1. The Morgan fingerprint density at radius 2 is 2.04 bits per heavy atom. The third-order valence-electron chi connectivity index (χ3n) is 4.16. The molecule has 2 N–H and O–H groups in total. The van der Waals surface area contributed by atoms with Crippen LogP contribution in [0, 0.1) is 5.92 Å². The van der Waals surface area contributed by atoms with Crippen molar-refractivity contribution in [2.24, 2.45) is 11.7 Å². The van der Waals surface area contributed by atoms with Crippen LogP contribution in [0.15, 0.2) is 24.4 Å². The summed E-state index contributed by atoms with van der Waals surface area (Å²) in [6.45, 7) is 4.85. The van der Waals surface area contributed by atoms with E-state index in [1.54, 1.807) is 11.7 Å². The van der Waals surface area contributed by atoms with Crippen LogP contribution in [0.1, 0.15) is 24.2 Å². The Labute approximate surface area is 138 Å². The molecule has 1 heterocycles. The molecule has 0 aliphatic rings. The predicted molar refractivity (Wildman–Crippen MR) is 94.2 cm³/mol. The lowest BCUT2D eigenvalue weighted by Crippen LogP contribution is -2.38. The van der Waals surface area contributed by atoms with Crippen LogP contribution in [0.4, 0.5) is 0 Å². The van der Waals surface area contributed by atoms with Crippen LogP contribution < -0.4 is 10.5 Å². The smallest absolute Gasteiger partial charge is 0.248 e. The van der Waals surface area contributed by atoms with Crippen LogP contribution in [0.5, 0.6) is 5.75 Å². The number of ether oxygens (including phenoxy) is 1. The molecular formula is C18H27N3O2. The largest absolute Gasteiger partial charge is 0.497 e. The summed E-state index contributed by atoms with van der Waals surface area (Å²) in [4.78, 5) is 14.9. The summed E-state index contributed by atoms with van der Waals surface area (Å²) in [7, 11) is 5.72. The first-order valence-electron chi connectivity index (χ1n) is 7.97. The minimum atomic E-state index is -0.515. The molecule has 2 rings (SSSR count). The van der Waals surface area contributed by atoms with Gasteiger partial charge in [0, 0.05) is 24.2 Å². The molecule has 0 saturated heterocycles. The Morgan fingerprint density at radius 1 is 1.35 bits per heavy atom. The normalized spacial score (nSPS) is 13.0. The van der Waals surface area contributed by atoms with E-state index in [9.17, 15) is 4.79 Å². The average Bonchev–Trinajstić information content (AvgIpc) is 2.89. The molecule has 1 aromatic carbocycles. The van der Waals surface area contributed by atoms with E-state index < -0.39 is 6.04 Å². The van der Waals surface area contributed by atoms with Gasteiger partial charge in [0.2, 0.25) is 5.91 Å². The van der Waals surface area contributed by atoms with E-state index >= 15 is 0 Å². The fourth-order valence-corrected chi connectivity index (χ4v) is 2.58. The molecule has 0 spiro atoms. The molecule has 1 atom stereocenters. The number of nitrogens with zero attached hydrogens (tertiary/aromatic N) is 2. The number of fused-ring (bicyclic) bond motifs is 1. The fourth-order valence-electron chi connectivity index (χ4n) is 2.58. The first-order chi connectivity index (χ1) is 10.8. The summed E-state index contributed by atoms with van der Waals surface area (Å²) in [6, 6.07) is 5.33. The summed E-state index contributed by atoms with van der Waals surface area (Å²) < 4.78 is 7.00. The standard InChI is InChI=1S/C18H27N3O2/c1-12(2)17(19)18(22)21-11-13(8-9-20(3)4)15-7-6-14(23-5)10-16(15)21/h6-7,10-12,17H,8-9,19H2,1-5H3/t17-/m0/s1. The third kappa shape index (κ3) is 3.74. The highest BCUT2D eigenvalue weighted by Crippen LogP contribution is 2.27. The molecule has 0 radical (unpaired) electrons. The van der Waals surface area contributed by atoms with Crippen LogP contribution in [0.3, 0.4) is 0 Å². The molecular weight excluding hydrogens is 290 g/mol. The monoisotopic (exact) mass is 317 g/mol. The maximum absolute atomic E-state index is 12.7. The molecule has 0 unspecified atom stereocenters. The SMILES string of the molecule is COc1ccc2c(CCN(C)C)cn(C(=O)[C@@H](N)C(C)C)c2c1. The molecule has 0 fully saturated rings. The number of aromatic nitrogens is 1. The van der Waals surface area contributed by atoms with Gasteiger partial charge in [-0.3, -0.25) is 9.36 Å². The molecule has 0 saturated carbocycles. The molecule has 2 aromatic rings. The van der Waals surface area contributed by atoms with Crippen LogP contribution in [0.25, 0.3) is 10.9 Å². The minimum Gasteiger partial charge on any atom is -0.497 e. The van der Waals surface area contributed by atoms with E-state index in [2.05, 4.69) is 4.90 Å². The van der Waals surface area contributed by atoms with E-state index in [0.717, 1.165) is 35.2 Å². The van der Waals surface area contributed by atoms with Crippen LogP contribution in [-0.2, 0) is 6.42 Å². The van der Waals surface area contributed by atoms with Crippen molar-refractivity contribution < 1.29 is 9.53 Å². The molecule has 126 valence electrons. The minimum absolute atomic E-state index is 0.0747. The Hall–Kier alpha value is -1.85. The molecule has 0 amide bonds. The van der Waals surface area contributed by atoms with Crippen molar-refractivity contribution in [3.8, 4) is 5.75 Å². The number of methoxy groups -OCH3 is 1. The second-order valence-corrected chi connectivity index (χ2v) is 6.57. The number of likely N-dealkylation sites (N-methyl/N-ethyl adjacent to an activating group) is 1. The van der Waals surface area contributed by atoms with Gasteiger partial charge in [0.05, 0.1) is 18.7 Å². The van der Waals surface area contributed by atoms with Crippen molar-refractivity contribution in [2.75, 3.05) is 27.7 Å². The van der Waals surface area contributed by atoms with E-state index in [1.807, 2.05) is 52.3 Å². The van der Waals surface area contributed by atoms with Gasteiger partial charge in [0.25, 0.3) is 0 Å². The fraction of sp³-hybridized carbons (Fsp3) is 0.500.